The summed E-state index contributed by atoms with van der Waals surface area (Å²) in [5.74, 6) is -4.32. The van der Waals surface area contributed by atoms with Gasteiger partial charge in [-0.3, -0.25) is 14.7 Å². The first-order chi connectivity index (χ1) is 15.9. The Morgan fingerprint density at radius 3 is 2.55 bits per heavy atom. The Bertz CT molecular complexity index is 1320. The molecule has 0 aliphatic heterocycles. The van der Waals surface area contributed by atoms with Gasteiger partial charge in [-0.05, 0) is 30.3 Å². The van der Waals surface area contributed by atoms with Crippen molar-refractivity contribution < 1.29 is 18.4 Å². The summed E-state index contributed by atoms with van der Waals surface area (Å²) >= 11 is 0. The van der Waals surface area contributed by atoms with E-state index in [9.17, 15) is 18.4 Å². The SMILES string of the molecule is O=C(Nc1cn(-c2ccccc2)nc1C(=O)NC1CC1(F)F)c1cccc(-c2ccn[nH]2)n1. The van der Waals surface area contributed by atoms with E-state index in [0.717, 1.165) is 0 Å². The minimum absolute atomic E-state index is 0.0686. The highest BCUT2D eigenvalue weighted by molar-refractivity contribution is 6.07. The van der Waals surface area contributed by atoms with Gasteiger partial charge in [-0.2, -0.15) is 10.2 Å². The fourth-order valence-electron chi connectivity index (χ4n) is 3.24. The van der Waals surface area contributed by atoms with E-state index < -0.39 is 30.2 Å². The second-order valence-corrected chi connectivity index (χ2v) is 7.50. The molecule has 0 bridgehead atoms. The lowest BCUT2D eigenvalue weighted by Crippen LogP contribution is -2.30. The van der Waals surface area contributed by atoms with Gasteiger partial charge in [0.05, 0.1) is 35.0 Å². The van der Waals surface area contributed by atoms with Gasteiger partial charge in [0.25, 0.3) is 17.7 Å². The molecule has 4 aromatic rings. The molecule has 0 spiro atoms. The van der Waals surface area contributed by atoms with Gasteiger partial charge in [-0.1, -0.05) is 24.3 Å². The summed E-state index contributed by atoms with van der Waals surface area (Å²) in [5.41, 5.74) is 1.75. The van der Waals surface area contributed by atoms with Crippen molar-refractivity contribution in [2.24, 2.45) is 0 Å². The van der Waals surface area contributed by atoms with Gasteiger partial charge in [0.2, 0.25) is 0 Å². The van der Waals surface area contributed by atoms with E-state index in [0.29, 0.717) is 17.1 Å². The van der Waals surface area contributed by atoms with Crippen LogP contribution < -0.4 is 10.6 Å². The van der Waals surface area contributed by atoms with Crippen LogP contribution in [-0.2, 0) is 0 Å². The van der Waals surface area contributed by atoms with Crippen molar-refractivity contribution in [1.82, 2.24) is 30.3 Å². The molecule has 33 heavy (non-hydrogen) atoms. The Hall–Kier alpha value is -4.41. The molecule has 3 aromatic heterocycles. The summed E-state index contributed by atoms with van der Waals surface area (Å²) in [6.45, 7) is 0. The Balaban J connectivity index is 1.44. The minimum atomic E-state index is -2.93. The number of amides is 2. The van der Waals surface area contributed by atoms with Gasteiger partial charge >= 0.3 is 0 Å². The van der Waals surface area contributed by atoms with Crippen molar-refractivity contribution in [3.8, 4) is 17.1 Å². The summed E-state index contributed by atoms with van der Waals surface area (Å²) in [4.78, 5) is 29.9. The largest absolute Gasteiger partial charge is 0.342 e. The number of anilines is 1. The maximum absolute atomic E-state index is 13.3. The number of alkyl halides is 2. The second-order valence-electron chi connectivity index (χ2n) is 7.50. The van der Waals surface area contributed by atoms with Crippen molar-refractivity contribution in [2.75, 3.05) is 5.32 Å². The van der Waals surface area contributed by atoms with Crippen LogP contribution in [0.5, 0.6) is 0 Å². The van der Waals surface area contributed by atoms with E-state index in [1.165, 1.54) is 16.9 Å². The van der Waals surface area contributed by atoms with E-state index >= 15 is 0 Å². The van der Waals surface area contributed by atoms with Crippen molar-refractivity contribution >= 4 is 17.5 Å². The van der Waals surface area contributed by atoms with Crippen LogP contribution in [0.1, 0.15) is 27.4 Å². The van der Waals surface area contributed by atoms with Crippen LogP contribution in [0, 0.1) is 0 Å². The molecule has 1 aromatic carbocycles. The summed E-state index contributed by atoms with van der Waals surface area (Å²) in [5, 5.41) is 15.8. The molecular formula is C22H17F2N7O2. The molecule has 1 atom stereocenters. The molecule has 0 saturated heterocycles. The number of halogens is 2. The molecule has 166 valence electrons. The molecule has 0 radical (unpaired) electrons. The first-order valence-electron chi connectivity index (χ1n) is 10.0. The van der Waals surface area contributed by atoms with E-state index in [1.54, 1.807) is 48.7 Å². The Labute approximate surface area is 185 Å². The highest BCUT2D eigenvalue weighted by Gasteiger charge is 2.58. The number of hydrogen-bond acceptors (Lipinski definition) is 5. The number of para-hydroxylation sites is 1. The quantitative estimate of drug-likeness (QED) is 0.418. The number of aromatic nitrogens is 5. The van der Waals surface area contributed by atoms with Crippen LogP contribution in [0.3, 0.4) is 0 Å². The van der Waals surface area contributed by atoms with Crippen molar-refractivity contribution in [1.29, 1.82) is 0 Å². The maximum atomic E-state index is 13.3. The molecule has 9 nitrogen and oxygen atoms in total. The zero-order valence-corrected chi connectivity index (χ0v) is 17.0. The predicted molar refractivity (Wildman–Crippen MR) is 114 cm³/mol. The minimum Gasteiger partial charge on any atom is -0.342 e. The summed E-state index contributed by atoms with van der Waals surface area (Å²) in [6.07, 6.45) is 2.59. The van der Waals surface area contributed by atoms with Crippen molar-refractivity contribution in [3.63, 3.8) is 0 Å². The average Bonchev–Trinajstić information content (AvgIpc) is 3.24. The standard InChI is InChI=1S/C22H17F2N7O2/c23-22(24)11-18(22)28-21(33)19-17(12-31(30-19)13-5-2-1-3-6-13)27-20(32)16-8-4-7-14(26-16)15-9-10-25-29-15/h1-10,12,18H,11H2,(H,25,29)(H,27,32)(H,28,33). The summed E-state index contributed by atoms with van der Waals surface area (Å²) < 4.78 is 28.0. The smallest absolute Gasteiger partial charge is 0.274 e. The summed E-state index contributed by atoms with van der Waals surface area (Å²) in [7, 11) is 0. The second kappa shape index (κ2) is 7.93. The highest BCUT2D eigenvalue weighted by Crippen LogP contribution is 2.41. The van der Waals surface area contributed by atoms with Crippen molar-refractivity contribution in [2.45, 2.75) is 18.4 Å². The molecule has 2 amide bonds. The number of nitrogens with zero attached hydrogens (tertiary/aromatic N) is 4. The van der Waals surface area contributed by atoms with E-state index in [4.69, 9.17) is 0 Å². The maximum Gasteiger partial charge on any atom is 0.274 e. The zero-order chi connectivity index (χ0) is 23.0. The number of aromatic amines is 1. The number of hydrogen-bond donors (Lipinski definition) is 3. The molecular weight excluding hydrogens is 432 g/mol. The highest BCUT2D eigenvalue weighted by atomic mass is 19.3. The molecule has 1 saturated carbocycles. The third-order valence-electron chi connectivity index (χ3n) is 5.09. The predicted octanol–water partition coefficient (Wildman–Crippen LogP) is 3.05. The Kier molecular flexibility index (Phi) is 4.93. The fourth-order valence-corrected chi connectivity index (χ4v) is 3.24. The third-order valence-corrected chi connectivity index (χ3v) is 5.09. The molecule has 1 aliphatic rings. The molecule has 5 rings (SSSR count). The van der Waals surface area contributed by atoms with Crippen LogP contribution in [0.25, 0.3) is 17.1 Å². The van der Waals surface area contributed by atoms with E-state index in [-0.39, 0.29) is 17.1 Å². The van der Waals surface area contributed by atoms with E-state index in [1.807, 2.05) is 6.07 Å². The Morgan fingerprint density at radius 2 is 1.85 bits per heavy atom. The van der Waals surface area contributed by atoms with E-state index in [2.05, 4.69) is 30.9 Å². The zero-order valence-electron chi connectivity index (χ0n) is 17.0. The topological polar surface area (TPSA) is 118 Å². The molecule has 1 fully saturated rings. The van der Waals surface area contributed by atoms with Crippen LogP contribution in [0.4, 0.5) is 14.5 Å². The Morgan fingerprint density at radius 1 is 1.06 bits per heavy atom. The van der Waals surface area contributed by atoms with Gasteiger partial charge in [0.15, 0.2) is 5.69 Å². The monoisotopic (exact) mass is 449 g/mol. The number of nitrogens with one attached hydrogen (secondary N) is 3. The van der Waals surface area contributed by atoms with Gasteiger partial charge in [0, 0.05) is 12.6 Å². The van der Waals surface area contributed by atoms with Gasteiger partial charge < -0.3 is 10.6 Å². The van der Waals surface area contributed by atoms with Gasteiger partial charge in [0.1, 0.15) is 5.69 Å². The number of benzene rings is 1. The van der Waals surface area contributed by atoms with Crippen LogP contribution in [-0.4, -0.2) is 48.7 Å². The van der Waals surface area contributed by atoms with Crippen LogP contribution in [0.2, 0.25) is 0 Å². The average molecular weight is 449 g/mol. The lowest BCUT2D eigenvalue weighted by Gasteiger charge is -2.06. The number of carbonyl (C=O) groups is 2. The fraction of sp³-hybridized carbons (Fsp3) is 0.136. The number of carbonyl (C=O) groups excluding carboxylic acids is 2. The third kappa shape index (κ3) is 4.20. The molecule has 1 aliphatic carbocycles. The van der Waals surface area contributed by atoms with Gasteiger partial charge in [-0.15, -0.1) is 0 Å². The molecule has 11 heteroatoms. The first-order valence-corrected chi connectivity index (χ1v) is 10.0. The van der Waals surface area contributed by atoms with Gasteiger partial charge in [-0.25, -0.2) is 18.4 Å². The lowest BCUT2D eigenvalue weighted by atomic mass is 10.2. The molecule has 3 N–H and O–H groups in total. The number of H-pyrrole nitrogens is 1. The summed E-state index contributed by atoms with van der Waals surface area (Å²) in [6, 6.07) is 14.2. The van der Waals surface area contributed by atoms with Crippen molar-refractivity contribution in [3.05, 3.63) is 78.4 Å². The molecule has 1 unspecified atom stereocenters. The number of pyridine rings is 1. The molecule has 3 heterocycles. The lowest BCUT2D eigenvalue weighted by molar-refractivity contribution is 0.0845. The first kappa shape index (κ1) is 20.5. The van der Waals surface area contributed by atoms with Crippen LogP contribution >= 0.6 is 0 Å². The number of rotatable bonds is 6. The normalized spacial score (nSPS) is 16.2. The van der Waals surface area contributed by atoms with Crippen LogP contribution in [0.15, 0.2) is 67.0 Å².